The number of ether oxygens (including phenoxy) is 1. The van der Waals surface area contributed by atoms with Gasteiger partial charge in [-0.25, -0.2) is 9.78 Å². The summed E-state index contributed by atoms with van der Waals surface area (Å²) in [7, 11) is 0. The predicted molar refractivity (Wildman–Crippen MR) is 154 cm³/mol. The van der Waals surface area contributed by atoms with E-state index in [-0.39, 0.29) is 5.91 Å². The van der Waals surface area contributed by atoms with E-state index < -0.39 is 5.97 Å². The Morgan fingerprint density at radius 2 is 1.74 bits per heavy atom. The summed E-state index contributed by atoms with van der Waals surface area (Å²) >= 11 is 1.66. The number of hydrogen-bond acceptors (Lipinski definition) is 7. The molecule has 9 heteroatoms. The summed E-state index contributed by atoms with van der Waals surface area (Å²) in [5.41, 5.74) is 3.10. The molecule has 1 fully saturated rings. The van der Waals surface area contributed by atoms with Gasteiger partial charge in [0.15, 0.2) is 0 Å². The summed E-state index contributed by atoms with van der Waals surface area (Å²) in [5.74, 6) is 0.504. The maximum Gasteiger partial charge on any atom is 0.335 e. The van der Waals surface area contributed by atoms with Crippen molar-refractivity contribution in [2.75, 3.05) is 25.0 Å². The molecule has 0 saturated carbocycles. The number of carboxylic acids is 1. The number of aromatic nitrogens is 1. The molecule has 3 N–H and O–H groups in total. The fourth-order valence-corrected chi connectivity index (χ4v) is 5.56. The number of aromatic carboxylic acids is 1. The Labute approximate surface area is 231 Å². The number of rotatable bonds is 10. The quantitative estimate of drug-likeness (QED) is 0.236. The second-order valence-electron chi connectivity index (χ2n) is 9.79. The van der Waals surface area contributed by atoms with Crippen molar-refractivity contribution in [3.63, 3.8) is 0 Å². The van der Waals surface area contributed by atoms with E-state index in [0.717, 1.165) is 64.7 Å². The van der Waals surface area contributed by atoms with Gasteiger partial charge < -0.3 is 20.5 Å². The van der Waals surface area contributed by atoms with E-state index in [2.05, 4.69) is 20.5 Å². The van der Waals surface area contributed by atoms with Crippen LogP contribution < -0.4 is 15.4 Å². The smallest absolute Gasteiger partial charge is 0.335 e. The zero-order valence-electron chi connectivity index (χ0n) is 21.9. The van der Waals surface area contributed by atoms with Gasteiger partial charge in [-0.05, 0) is 86.9 Å². The van der Waals surface area contributed by atoms with Crippen LogP contribution in [0.15, 0.2) is 66.7 Å². The lowest BCUT2D eigenvalue weighted by Gasteiger charge is -2.32. The molecule has 5 rings (SSSR count). The highest BCUT2D eigenvalue weighted by Crippen LogP contribution is 2.29. The fourth-order valence-electron chi connectivity index (χ4n) is 4.75. The van der Waals surface area contributed by atoms with Crippen molar-refractivity contribution in [3.05, 3.63) is 82.9 Å². The number of piperidine rings is 1. The lowest BCUT2D eigenvalue weighted by molar-refractivity contribution is -0.116. The van der Waals surface area contributed by atoms with Crippen LogP contribution in [0.4, 0.5) is 5.69 Å². The molecule has 0 spiro atoms. The summed E-state index contributed by atoms with van der Waals surface area (Å²) in [5, 5.41) is 16.5. The van der Waals surface area contributed by atoms with Gasteiger partial charge in [-0.1, -0.05) is 12.1 Å². The number of anilines is 1. The number of hydrogen-bond donors (Lipinski definition) is 3. The van der Waals surface area contributed by atoms with Gasteiger partial charge in [0.1, 0.15) is 11.5 Å². The third-order valence-corrected chi connectivity index (χ3v) is 7.77. The molecule has 1 amide bonds. The second-order valence-corrected chi connectivity index (χ2v) is 11.0. The normalized spacial score (nSPS) is 14.4. The van der Waals surface area contributed by atoms with Crippen LogP contribution in [0, 0.1) is 6.92 Å². The summed E-state index contributed by atoms with van der Waals surface area (Å²) in [6.45, 7) is 5.38. The third-order valence-electron chi connectivity index (χ3n) is 6.82. The van der Waals surface area contributed by atoms with Crippen molar-refractivity contribution in [1.82, 2.24) is 15.2 Å². The molecule has 8 nitrogen and oxygen atoms in total. The molecule has 0 radical (unpaired) electrons. The number of nitrogens with zero attached hydrogens (tertiary/aromatic N) is 2. The van der Waals surface area contributed by atoms with Crippen molar-refractivity contribution in [1.29, 1.82) is 0 Å². The molecule has 0 bridgehead atoms. The SMILES string of the molecule is Cc1nc2cc(Oc3ccc(NC(=O)CCNC4CCN(Cc5ccc(C(=O)O)cc5)CC4)cc3)ccc2s1. The lowest BCUT2D eigenvalue weighted by Crippen LogP contribution is -2.42. The molecule has 1 aliphatic rings. The zero-order valence-corrected chi connectivity index (χ0v) is 22.7. The van der Waals surface area contributed by atoms with E-state index in [9.17, 15) is 9.59 Å². The highest BCUT2D eigenvalue weighted by atomic mass is 32.1. The molecule has 1 aromatic heterocycles. The van der Waals surface area contributed by atoms with Crippen LogP contribution in [0.25, 0.3) is 10.2 Å². The number of nitrogens with one attached hydrogen (secondary N) is 2. The molecule has 0 aliphatic carbocycles. The Hall–Kier alpha value is -3.79. The molecule has 1 aliphatic heterocycles. The average Bonchev–Trinajstić information content (AvgIpc) is 3.30. The number of likely N-dealkylation sites (tertiary alicyclic amines) is 1. The summed E-state index contributed by atoms with van der Waals surface area (Å²) in [6.07, 6.45) is 2.44. The van der Waals surface area contributed by atoms with E-state index in [1.807, 2.05) is 61.5 Å². The first-order chi connectivity index (χ1) is 18.9. The summed E-state index contributed by atoms with van der Waals surface area (Å²) in [6, 6.07) is 20.8. The molecule has 4 aromatic rings. The molecule has 2 heterocycles. The minimum Gasteiger partial charge on any atom is -0.478 e. The van der Waals surface area contributed by atoms with E-state index in [1.54, 1.807) is 23.5 Å². The average molecular weight is 545 g/mol. The molecular formula is C30H32N4O4S. The van der Waals surface area contributed by atoms with Crippen LogP contribution in [0.2, 0.25) is 0 Å². The lowest BCUT2D eigenvalue weighted by atomic mass is 10.0. The Morgan fingerprint density at radius 1 is 1.03 bits per heavy atom. The predicted octanol–water partition coefficient (Wildman–Crippen LogP) is 5.68. The number of fused-ring (bicyclic) bond motifs is 1. The number of carbonyl (C=O) groups excluding carboxylic acids is 1. The monoisotopic (exact) mass is 544 g/mol. The molecular weight excluding hydrogens is 512 g/mol. The van der Waals surface area contributed by atoms with Crippen LogP contribution in [-0.2, 0) is 11.3 Å². The Morgan fingerprint density at radius 3 is 2.46 bits per heavy atom. The van der Waals surface area contributed by atoms with Gasteiger partial charge in [-0.3, -0.25) is 9.69 Å². The van der Waals surface area contributed by atoms with Crippen LogP contribution in [0.5, 0.6) is 11.5 Å². The summed E-state index contributed by atoms with van der Waals surface area (Å²) < 4.78 is 7.10. The van der Waals surface area contributed by atoms with Gasteiger partial charge in [0.2, 0.25) is 5.91 Å². The first-order valence-corrected chi connectivity index (χ1v) is 14.0. The van der Waals surface area contributed by atoms with Crippen molar-refractivity contribution in [2.24, 2.45) is 0 Å². The highest BCUT2D eigenvalue weighted by Gasteiger charge is 2.19. The third kappa shape index (κ3) is 7.41. The molecule has 3 aromatic carbocycles. The number of amides is 1. The minimum atomic E-state index is -0.901. The van der Waals surface area contributed by atoms with Crippen LogP contribution in [0.3, 0.4) is 0 Å². The first kappa shape index (κ1) is 26.8. The molecule has 0 unspecified atom stereocenters. The second kappa shape index (κ2) is 12.4. The molecule has 1 saturated heterocycles. The van der Waals surface area contributed by atoms with Crippen molar-refractivity contribution >= 4 is 39.1 Å². The Kier molecular flexibility index (Phi) is 8.51. The van der Waals surface area contributed by atoms with Crippen molar-refractivity contribution < 1.29 is 19.4 Å². The van der Waals surface area contributed by atoms with E-state index in [0.29, 0.717) is 30.3 Å². The van der Waals surface area contributed by atoms with Gasteiger partial charge in [0, 0.05) is 37.3 Å². The maximum atomic E-state index is 12.4. The number of aryl methyl sites for hydroxylation is 1. The summed E-state index contributed by atoms with van der Waals surface area (Å²) in [4.78, 5) is 30.3. The van der Waals surface area contributed by atoms with Gasteiger partial charge in [-0.2, -0.15) is 0 Å². The minimum absolute atomic E-state index is 0.0252. The van der Waals surface area contributed by atoms with Gasteiger partial charge in [0.05, 0.1) is 20.8 Å². The molecule has 202 valence electrons. The molecule has 0 atom stereocenters. The topological polar surface area (TPSA) is 104 Å². The van der Waals surface area contributed by atoms with Crippen LogP contribution in [-0.4, -0.2) is 52.5 Å². The largest absolute Gasteiger partial charge is 0.478 e. The van der Waals surface area contributed by atoms with Crippen LogP contribution >= 0.6 is 11.3 Å². The van der Waals surface area contributed by atoms with Gasteiger partial charge >= 0.3 is 5.97 Å². The number of thiazole rings is 1. The maximum absolute atomic E-state index is 12.4. The Bertz CT molecular complexity index is 1430. The van der Waals surface area contributed by atoms with E-state index in [4.69, 9.17) is 9.84 Å². The van der Waals surface area contributed by atoms with Crippen LogP contribution in [0.1, 0.15) is 40.2 Å². The number of carbonyl (C=O) groups is 2. The first-order valence-electron chi connectivity index (χ1n) is 13.1. The van der Waals surface area contributed by atoms with Gasteiger partial charge in [0.25, 0.3) is 0 Å². The zero-order chi connectivity index (χ0) is 27.2. The highest BCUT2D eigenvalue weighted by molar-refractivity contribution is 7.18. The van der Waals surface area contributed by atoms with Gasteiger partial charge in [-0.15, -0.1) is 11.3 Å². The van der Waals surface area contributed by atoms with E-state index in [1.165, 1.54) is 0 Å². The van der Waals surface area contributed by atoms with Crippen molar-refractivity contribution in [2.45, 2.75) is 38.8 Å². The molecule has 39 heavy (non-hydrogen) atoms. The fraction of sp³-hybridized carbons (Fsp3) is 0.300. The number of carboxylic acid groups (broad SMARTS) is 1. The standard InChI is InChI=1S/C30H32N4O4S/c1-20-32-27-18-26(10-11-28(27)39-20)38-25-8-6-24(7-9-25)33-29(35)12-15-31-23-13-16-34(17-14-23)19-21-2-4-22(5-3-21)30(36)37/h2-11,18,23,31H,12-17,19H2,1H3,(H,33,35)(H,36,37). The van der Waals surface area contributed by atoms with Crippen molar-refractivity contribution in [3.8, 4) is 11.5 Å². The Balaban J connectivity index is 0.997. The number of benzene rings is 3. The van der Waals surface area contributed by atoms with E-state index >= 15 is 0 Å².